The summed E-state index contributed by atoms with van der Waals surface area (Å²) in [6.07, 6.45) is 6.88. The summed E-state index contributed by atoms with van der Waals surface area (Å²) in [5, 5.41) is 11.6. The standard InChI is InChI=1S/C25H43F2NO/c1-5-16-20-14-25(26,27)12-11-24(20,4)19-8-10-23(3)17(15(2)9-13-28)6-7-18(23)21(19)22(16)29/h15-22,29H,5-14,28H2,1-4H3/t15-,16-,17-,18+,19+,20+,21+,22-,23-,24-/m1/s1. The Balaban J connectivity index is 1.67. The third-order valence-corrected chi connectivity index (χ3v) is 10.8. The molecule has 0 amide bonds. The Kier molecular flexibility index (Phi) is 5.63. The SMILES string of the molecule is CC[C@H]1[C@@H](O)[C@@H]2[C@H](CC[C@]3(C)[C@@H]([C@H](C)CCN)CC[C@@H]23)[C@@]2(C)CCC(F)(F)C[C@@H]12. The van der Waals surface area contributed by atoms with Gasteiger partial charge in [-0.2, -0.15) is 0 Å². The van der Waals surface area contributed by atoms with Crippen LogP contribution in [0.25, 0.3) is 0 Å². The third-order valence-electron chi connectivity index (χ3n) is 10.8. The lowest BCUT2D eigenvalue weighted by Crippen LogP contribution is -2.62. The molecule has 10 atom stereocenters. The summed E-state index contributed by atoms with van der Waals surface area (Å²) in [6.45, 7) is 10.0. The van der Waals surface area contributed by atoms with Gasteiger partial charge in [0.05, 0.1) is 6.10 Å². The van der Waals surface area contributed by atoms with Gasteiger partial charge in [0.1, 0.15) is 0 Å². The van der Waals surface area contributed by atoms with Crippen molar-refractivity contribution in [3.05, 3.63) is 0 Å². The normalized spacial score (nSPS) is 52.3. The number of halogens is 2. The summed E-state index contributed by atoms with van der Waals surface area (Å²) >= 11 is 0. The maximum atomic E-state index is 14.4. The second-order valence-electron chi connectivity index (χ2n) is 11.8. The summed E-state index contributed by atoms with van der Waals surface area (Å²) in [7, 11) is 0. The minimum absolute atomic E-state index is 0.0135. The number of hydrogen-bond donors (Lipinski definition) is 2. The molecule has 0 saturated heterocycles. The molecule has 0 heterocycles. The smallest absolute Gasteiger partial charge is 0.248 e. The van der Waals surface area contributed by atoms with E-state index in [0.29, 0.717) is 36.0 Å². The molecular formula is C25H43F2NO. The molecular weight excluding hydrogens is 368 g/mol. The van der Waals surface area contributed by atoms with Gasteiger partial charge in [0, 0.05) is 12.8 Å². The lowest BCUT2D eigenvalue weighted by Gasteiger charge is -2.65. The molecule has 0 bridgehead atoms. The van der Waals surface area contributed by atoms with E-state index in [-0.39, 0.29) is 35.5 Å². The number of alkyl halides is 2. The van der Waals surface area contributed by atoms with Gasteiger partial charge in [0.15, 0.2) is 0 Å². The van der Waals surface area contributed by atoms with Crippen molar-refractivity contribution in [3.63, 3.8) is 0 Å². The van der Waals surface area contributed by atoms with Gasteiger partial charge in [0.25, 0.3) is 0 Å². The summed E-state index contributed by atoms with van der Waals surface area (Å²) in [5.74, 6) is -0.0128. The van der Waals surface area contributed by atoms with Crippen molar-refractivity contribution in [2.24, 2.45) is 58.0 Å². The first-order valence-corrected chi connectivity index (χ1v) is 12.3. The Bertz CT molecular complexity index is 612. The molecule has 4 rings (SSSR count). The minimum Gasteiger partial charge on any atom is -0.393 e. The fourth-order valence-corrected chi connectivity index (χ4v) is 9.32. The molecule has 3 N–H and O–H groups in total. The van der Waals surface area contributed by atoms with E-state index in [4.69, 9.17) is 5.73 Å². The first kappa shape index (κ1) is 22.0. The van der Waals surface area contributed by atoms with Crippen molar-refractivity contribution >= 4 is 0 Å². The van der Waals surface area contributed by atoms with Crippen LogP contribution in [0.4, 0.5) is 8.78 Å². The zero-order valence-corrected chi connectivity index (χ0v) is 19.0. The van der Waals surface area contributed by atoms with Crippen LogP contribution >= 0.6 is 0 Å². The van der Waals surface area contributed by atoms with Gasteiger partial charge in [-0.1, -0.05) is 34.1 Å². The average Bonchev–Trinajstić information content (AvgIpc) is 3.01. The van der Waals surface area contributed by atoms with Gasteiger partial charge in [-0.15, -0.1) is 0 Å². The van der Waals surface area contributed by atoms with Gasteiger partial charge >= 0.3 is 0 Å². The fraction of sp³-hybridized carbons (Fsp3) is 1.00. The summed E-state index contributed by atoms with van der Waals surface area (Å²) in [4.78, 5) is 0. The zero-order chi connectivity index (χ0) is 21.2. The first-order chi connectivity index (χ1) is 13.6. The summed E-state index contributed by atoms with van der Waals surface area (Å²) in [6, 6.07) is 0. The van der Waals surface area contributed by atoms with Crippen LogP contribution in [-0.2, 0) is 0 Å². The lowest BCUT2D eigenvalue weighted by atomic mass is 9.41. The van der Waals surface area contributed by atoms with E-state index in [1.807, 2.05) is 0 Å². The fourth-order valence-electron chi connectivity index (χ4n) is 9.32. The topological polar surface area (TPSA) is 46.2 Å². The molecule has 4 aliphatic rings. The minimum atomic E-state index is -2.55. The molecule has 0 aromatic rings. The van der Waals surface area contributed by atoms with Crippen molar-refractivity contribution in [2.45, 2.75) is 97.5 Å². The zero-order valence-electron chi connectivity index (χ0n) is 19.0. The van der Waals surface area contributed by atoms with Gasteiger partial charge in [-0.05, 0) is 97.3 Å². The number of fused-ring (bicyclic) bond motifs is 5. The number of nitrogens with two attached hydrogens (primary N) is 1. The van der Waals surface area contributed by atoms with E-state index in [0.717, 1.165) is 25.8 Å². The first-order valence-electron chi connectivity index (χ1n) is 12.3. The van der Waals surface area contributed by atoms with E-state index in [1.54, 1.807) is 0 Å². The summed E-state index contributed by atoms with van der Waals surface area (Å²) in [5.41, 5.74) is 6.13. The Morgan fingerprint density at radius 2 is 1.69 bits per heavy atom. The van der Waals surface area contributed by atoms with Gasteiger partial charge in [-0.3, -0.25) is 0 Å². The molecule has 4 fully saturated rings. The number of aliphatic hydroxyl groups excluding tert-OH is 1. The number of hydrogen-bond acceptors (Lipinski definition) is 2. The van der Waals surface area contributed by atoms with Gasteiger partial charge < -0.3 is 10.8 Å². The molecule has 4 heteroatoms. The molecule has 4 saturated carbocycles. The van der Waals surface area contributed by atoms with E-state index in [1.165, 1.54) is 19.3 Å². The highest BCUT2D eigenvalue weighted by molar-refractivity contribution is 5.14. The van der Waals surface area contributed by atoms with E-state index in [9.17, 15) is 13.9 Å². The van der Waals surface area contributed by atoms with Crippen molar-refractivity contribution in [3.8, 4) is 0 Å². The monoisotopic (exact) mass is 411 g/mol. The lowest BCUT2D eigenvalue weighted by molar-refractivity contribution is -0.222. The molecule has 29 heavy (non-hydrogen) atoms. The summed E-state index contributed by atoms with van der Waals surface area (Å²) < 4.78 is 28.8. The van der Waals surface area contributed by atoms with E-state index >= 15 is 0 Å². The van der Waals surface area contributed by atoms with Crippen LogP contribution < -0.4 is 5.73 Å². The molecule has 4 aliphatic carbocycles. The number of aliphatic hydroxyl groups is 1. The van der Waals surface area contributed by atoms with Crippen molar-refractivity contribution in [1.82, 2.24) is 0 Å². The molecule has 0 unspecified atom stereocenters. The largest absolute Gasteiger partial charge is 0.393 e. The van der Waals surface area contributed by atoms with Gasteiger partial charge in [0.2, 0.25) is 5.92 Å². The van der Waals surface area contributed by atoms with Crippen LogP contribution in [-0.4, -0.2) is 23.7 Å². The maximum Gasteiger partial charge on any atom is 0.248 e. The molecule has 0 radical (unpaired) electrons. The van der Waals surface area contributed by atoms with Crippen molar-refractivity contribution in [1.29, 1.82) is 0 Å². The Hall–Kier alpha value is -0.220. The van der Waals surface area contributed by atoms with Crippen LogP contribution in [0, 0.1) is 52.3 Å². The quantitative estimate of drug-likeness (QED) is 0.607. The number of rotatable bonds is 4. The molecule has 0 aromatic heterocycles. The van der Waals surface area contributed by atoms with Crippen LogP contribution in [0.15, 0.2) is 0 Å². The Morgan fingerprint density at radius 3 is 2.34 bits per heavy atom. The molecule has 168 valence electrons. The molecule has 0 aliphatic heterocycles. The van der Waals surface area contributed by atoms with E-state index in [2.05, 4.69) is 27.7 Å². The third kappa shape index (κ3) is 3.22. The predicted molar refractivity (Wildman–Crippen MR) is 114 cm³/mol. The molecule has 0 aromatic carbocycles. The molecule has 0 spiro atoms. The predicted octanol–water partition coefficient (Wildman–Crippen LogP) is 5.87. The second-order valence-corrected chi connectivity index (χ2v) is 11.8. The van der Waals surface area contributed by atoms with Gasteiger partial charge in [-0.25, -0.2) is 8.78 Å². The highest BCUT2D eigenvalue weighted by Gasteiger charge is 2.66. The highest BCUT2D eigenvalue weighted by Crippen LogP contribution is 2.70. The van der Waals surface area contributed by atoms with Crippen molar-refractivity contribution < 1.29 is 13.9 Å². The van der Waals surface area contributed by atoms with Crippen LogP contribution in [0.2, 0.25) is 0 Å². The highest BCUT2D eigenvalue weighted by atomic mass is 19.3. The van der Waals surface area contributed by atoms with Crippen LogP contribution in [0.5, 0.6) is 0 Å². The Labute approximate surface area is 176 Å². The maximum absolute atomic E-state index is 14.4. The van der Waals surface area contributed by atoms with Crippen LogP contribution in [0.1, 0.15) is 85.5 Å². The van der Waals surface area contributed by atoms with Crippen molar-refractivity contribution in [2.75, 3.05) is 6.54 Å². The van der Waals surface area contributed by atoms with Crippen LogP contribution in [0.3, 0.4) is 0 Å². The average molecular weight is 412 g/mol. The van der Waals surface area contributed by atoms with E-state index < -0.39 is 12.0 Å². The second kappa shape index (κ2) is 7.43. The molecule has 2 nitrogen and oxygen atoms in total. The Morgan fingerprint density at radius 1 is 1.00 bits per heavy atom.